The van der Waals surface area contributed by atoms with Gasteiger partial charge in [-0.25, -0.2) is 0 Å². The molecule has 0 spiro atoms. The summed E-state index contributed by atoms with van der Waals surface area (Å²) in [6, 6.07) is 8.20. The highest BCUT2D eigenvalue weighted by Gasteiger charge is 2.26. The summed E-state index contributed by atoms with van der Waals surface area (Å²) in [5.74, 6) is 0.448. The van der Waals surface area contributed by atoms with Crippen molar-refractivity contribution < 1.29 is 4.79 Å². The maximum absolute atomic E-state index is 12.5. The summed E-state index contributed by atoms with van der Waals surface area (Å²) in [7, 11) is 1.81. The molecule has 0 unspecified atom stereocenters. The highest BCUT2D eigenvalue weighted by molar-refractivity contribution is 5.95. The second-order valence-corrected chi connectivity index (χ2v) is 6.21. The number of rotatable bonds is 4. The van der Waals surface area contributed by atoms with E-state index in [0.717, 1.165) is 24.1 Å². The molecule has 5 heteroatoms. The van der Waals surface area contributed by atoms with Crippen molar-refractivity contribution in [1.29, 1.82) is 0 Å². The Labute approximate surface area is 140 Å². The first-order chi connectivity index (χ1) is 11.7. The van der Waals surface area contributed by atoms with Gasteiger partial charge in [-0.05, 0) is 42.0 Å². The first-order valence-corrected chi connectivity index (χ1v) is 8.13. The zero-order valence-corrected chi connectivity index (χ0v) is 13.5. The lowest BCUT2D eigenvalue weighted by Gasteiger charge is -2.11. The average molecular weight is 318 g/mol. The van der Waals surface area contributed by atoms with Gasteiger partial charge in [0, 0.05) is 37.6 Å². The van der Waals surface area contributed by atoms with Gasteiger partial charge in [0.1, 0.15) is 5.69 Å². The van der Waals surface area contributed by atoms with Crippen molar-refractivity contribution in [2.24, 2.45) is 7.05 Å². The van der Waals surface area contributed by atoms with Crippen molar-refractivity contribution in [2.45, 2.75) is 25.2 Å². The summed E-state index contributed by atoms with van der Waals surface area (Å²) in [4.78, 5) is 21.0. The number of carbonyl (C=O) groups is 1. The fourth-order valence-corrected chi connectivity index (χ4v) is 3.50. The Morgan fingerprint density at radius 2 is 2.17 bits per heavy atom. The minimum absolute atomic E-state index is 0.158. The molecule has 0 N–H and O–H groups in total. The standard InChI is InChI=1S/C19H18N4O/c1-23-18(6-7-22-23)19(24)11-14-3-2-13-10-15(4-5-16(13)14)17-12-20-8-9-21-17/h4-10,12,14H,2-3,11H2,1H3/t14-/m0/s1. The van der Waals surface area contributed by atoms with Crippen LogP contribution >= 0.6 is 0 Å². The molecule has 1 aliphatic carbocycles. The van der Waals surface area contributed by atoms with Crippen molar-refractivity contribution >= 4 is 5.78 Å². The zero-order valence-electron chi connectivity index (χ0n) is 13.5. The topological polar surface area (TPSA) is 60.7 Å². The number of nitrogens with zero attached hydrogens (tertiary/aromatic N) is 4. The molecule has 2 heterocycles. The molecule has 0 fully saturated rings. The number of hydrogen-bond acceptors (Lipinski definition) is 4. The van der Waals surface area contributed by atoms with Crippen LogP contribution in [0.25, 0.3) is 11.3 Å². The zero-order chi connectivity index (χ0) is 16.5. The van der Waals surface area contributed by atoms with Gasteiger partial charge >= 0.3 is 0 Å². The van der Waals surface area contributed by atoms with Crippen LogP contribution in [-0.4, -0.2) is 25.5 Å². The molecule has 0 radical (unpaired) electrons. The van der Waals surface area contributed by atoms with E-state index in [-0.39, 0.29) is 5.78 Å². The Balaban J connectivity index is 1.57. The molecule has 0 aliphatic heterocycles. The SMILES string of the molecule is Cn1nccc1C(=O)C[C@@H]1CCc2cc(-c3cnccn3)ccc21. The first kappa shape index (κ1) is 14.8. The molecule has 4 rings (SSSR count). The Morgan fingerprint density at radius 3 is 2.92 bits per heavy atom. The van der Waals surface area contributed by atoms with Gasteiger partial charge in [-0.1, -0.05) is 12.1 Å². The highest BCUT2D eigenvalue weighted by atomic mass is 16.1. The fourth-order valence-electron chi connectivity index (χ4n) is 3.50. The number of ketones is 1. The molecule has 2 aromatic heterocycles. The minimum atomic E-state index is 0.158. The van der Waals surface area contributed by atoms with Crippen LogP contribution < -0.4 is 0 Å². The molecule has 0 saturated carbocycles. The van der Waals surface area contributed by atoms with Gasteiger partial charge in [-0.15, -0.1) is 0 Å². The summed E-state index contributed by atoms with van der Waals surface area (Å²) >= 11 is 0. The third-order valence-electron chi connectivity index (χ3n) is 4.74. The van der Waals surface area contributed by atoms with Crippen molar-refractivity contribution in [1.82, 2.24) is 19.7 Å². The lowest BCUT2D eigenvalue weighted by molar-refractivity contribution is 0.0964. The number of Topliss-reactive ketones (excluding diaryl/α,β-unsaturated/α-hetero) is 1. The lowest BCUT2D eigenvalue weighted by Crippen LogP contribution is -2.10. The summed E-state index contributed by atoms with van der Waals surface area (Å²) in [5.41, 5.74) is 5.26. The van der Waals surface area contributed by atoms with Crippen LogP contribution in [0.5, 0.6) is 0 Å². The van der Waals surface area contributed by atoms with E-state index >= 15 is 0 Å². The van der Waals surface area contributed by atoms with Crippen LogP contribution in [-0.2, 0) is 13.5 Å². The number of aromatic nitrogens is 4. The molecular weight excluding hydrogens is 300 g/mol. The first-order valence-electron chi connectivity index (χ1n) is 8.13. The summed E-state index contributed by atoms with van der Waals surface area (Å²) in [6.07, 6.45) is 9.39. The number of benzene rings is 1. The molecule has 1 aromatic carbocycles. The maximum Gasteiger partial charge on any atom is 0.181 e. The predicted octanol–water partition coefficient (Wildman–Crippen LogP) is 3.18. The van der Waals surface area contributed by atoms with E-state index < -0.39 is 0 Å². The van der Waals surface area contributed by atoms with Crippen molar-refractivity contribution in [2.75, 3.05) is 0 Å². The second kappa shape index (κ2) is 6.00. The highest BCUT2D eigenvalue weighted by Crippen LogP contribution is 2.37. The lowest BCUT2D eigenvalue weighted by atomic mass is 9.93. The molecule has 0 saturated heterocycles. The van der Waals surface area contributed by atoms with Crippen LogP contribution in [0.3, 0.4) is 0 Å². The number of aryl methyl sites for hydroxylation is 2. The Hall–Kier alpha value is -2.82. The van der Waals surface area contributed by atoms with Crippen molar-refractivity contribution in [3.8, 4) is 11.3 Å². The van der Waals surface area contributed by atoms with Crippen LogP contribution in [0.1, 0.15) is 40.4 Å². The van der Waals surface area contributed by atoms with E-state index in [9.17, 15) is 4.79 Å². The third kappa shape index (κ3) is 2.62. The van der Waals surface area contributed by atoms with E-state index in [1.165, 1.54) is 11.1 Å². The van der Waals surface area contributed by atoms with Crippen molar-refractivity contribution in [3.05, 3.63) is 65.9 Å². The van der Waals surface area contributed by atoms with Gasteiger partial charge < -0.3 is 0 Å². The van der Waals surface area contributed by atoms with E-state index in [1.807, 2.05) is 7.05 Å². The molecule has 1 aliphatic rings. The third-order valence-corrected chi connectivity index (χ3v) is 4.74. The molecule has 5 nitrogen and oxygen atoms in total. The summed E-state index contributed by atoms with van der Waals surface area (Å²) in [6.45, 7) is 0. The normalized spacial score (nSPS) is 16.1. The Bertz CT molecular complexity index is 885. The average Bonchev–Trinajstić information content (AvgIpc) is 3.21. The monoisotopic (exact) mass is 318 g/mol. The second-order valence-electron chi connectivity index (χ2n) is 6.21. The molecule has 0 bridgehead atoms. The molecule has 0 amide bonds. The van der Waals surface area contributed by atoms with E-state index in [1.54, 1.807) is 35.5 Å². The van der Waals surface area contributed by atoms with Gasteiger partial charge in [0.05, 0.1) is 11.9 Å². The number of hydrogen-bond donors (Lipinski definition) is 0. The maximum atomic E-state index is 12.5. The Kier molecular flexibility index (Phi) is 3.69. The van der Waals surface area contributed by atoms with Crippen LogP contribution in [0.2, 0.25) is 0 Å². The number of carbonyl (C=O) groups excluding carboxylic acids is 1. The van der Waals surface area contributed by atoms with Crippen LogP contribution in [0.15, 0.2) is 49.1 Å². The van der Waals surface area contributed by atoms with Gasteiger partial charge in [0.15, 0.2) is 5.78 Å². The van der Waals surface area contributed by atoms with Gasteiger partial charge in [0.2, 0.25) is 0 Å². The van der Waals surface area contributed by atoms with Gasteiger partial charge in [-0.3, -0.25) is 19.4 Å². The molecule has 3 aromatic rings. The van der Waals surface area contributed by atoms with Crippen LogP contribution in [0, 0.1) is 0 Å². The van der Waals surface area contributed by atoms with Gasteiger partial charge in [-0.2, -0.15) is 5.10 Å². The predicted molar refractivity (Wildman–Crippen MR) is 90.7 cm³/mol. The minimum Gasteiger partial charge on any atom is -0.292 e. The largest absolute Gasteiger partial charge is 0.292 e. The quantitative estimate of drug-likeness (QED) is 0.693. The number of fused-ring (bicyclic) bond motifs is 1. The van der Waals surface area contributed by atoms with E-state index in [0.29, 0.717) is 18.0 Å². The molecular formula is C19H18N4O. The van der Waals surface area contributed by atoms with Gasteiger partial charge in [0.25, 0.3) is 0 Å². The molecule has 1 atom stereocenters. The molecule has 120 valence electrons. The summed E-state index contributed by atoms with van der Waals surface area (Å²) in [5, 5.41) is 4.08. The van der Waals surface area contributed by atoms with Crippen LogP contribution in [0.4, 0.5) is 0 Å². The van der Waals surface area contributed by atoms with E-state index in [2.05, 4.69) is 33.3 Å². The van der Waals surface area contributed by atoms with E-state index in [4.69, 9.17) is 0 Å². The smallest absolute Gasteiger partial charge is 0.181 e. The van der Waals surface area contributed by atoms with Crippen molar-refractivity contribution in [3.63, 3.8) is 0 Å². The fraction of sp³-hybridized carbons (Fsp3) is 0.263. The Morgan fingerprint density at radius 1 is 1.25 bits per heavy atom. The summed E-state index contributed by atoms with van der Waals surface area (Å²) < 4.78 is 1.65. The molecule has 24 heavy (non-hydrogen) atoms.